The second-order valence-corrected chi connectivity index (χ2v) is 4.83. The smallest absolute Gasteiger partial charge is 0.303 e. The van der Waals surface area contributed by atoms with Crippen molar-refractivity contribution >= 4 is 17.7 Å². The van der Waals surface area contributed by atoms with Crippen LogP contribution in [0.3, 0.4) is 0 Å². The van der Waals surface area contributed by atoms with E-state index < -0.39 is 5.97 Å². The highest BCUT2D eigenvalue weighted by Gasteiger charge is 2.21. The van der Waals surface area contributed by atoms with Crippen LogP contribution in [0, 0.1) is 0 Å². The molecule has 1 atom stereocenters. The lowest BCUT2D eigenvalue weighted by molar-refractivity contribution is -0.137. The van der Waals surface area contributed by atoms with Crippen LogP contribution in [-0.2, 0) is 11.2 Å². The molecule has 0 aliphatic carbocycles. The number of hydrogen-bond donors (Lipinski definition) is 1. The largest absolute Gasteiger partial charge is 0.481 e. The molecule has 1 aromatic rings. The maximum absolute atomic E-state index is 10.4. The number of carboxylic acids is 1. The highest BCUT2D eigenvalue weighted by atomic mass is 32.2. The summed E-state index contributed by atoms with van der Waals surface area (Å²) in [5.74, 6) is -0.693. The Morgan fingerprint density at radius 1 is 1.50 bits per heavy atom. The highest BCUT2D eigenvalue weighted by Crippen LogP contribution is 2.38. The molecule has 0 saturated heterocycles. The fourth-order valence-corrected chi connectivity index (χ4v) is 3.02. The summed E-state index contributed by atoms with van der Waals surface area (Å²) >= 11 is 1.81. The van der Waals surface area contributed by atoms with Crippen LogP contribution in [0.1, 0.15) is 18.4 Å². The maximum atomic E-state index is 10.4. The molecule has 1 N–H and O–H groups in total. The van der Waals surface area contributed by atoms with E-state index in [1.165, 1.54) is 10.5 Å². The number of fused-ring (bicyclic) bond motifs is 1. The number of carbonyl (C=O) groups is 1. The predicted molar refractivity (Wildman–Crippen MR) is 56.7 cm³/mol. The average Bonchev–Trinajstić information content (AvgIpc) is 2.57. The van der Waals surface area contributed by atoms with Crippen molar-refractivity contribution in [1.29, 1.82) is 0 Å². The number of carboxylic acid groups (broad SMARTS) is 1. The normalized spacial score (nSPS) is 19.3. The van der Waals surface area contributed by atoms with Crippen molar-refractivity contribution in [3.8, 4) is 0 Å². The lowest BCUT2D eigenvalue weighted by Crippen LogP contribution is -2.04. The van der Waals surface area contributed by atoms with Crippen molar-refractivity contribution < 1.29 is 9.90 Å². The van der Waals surface area contributed by atoms with Gasteiger partial charge in [0.15, 0.2) is 0 Å². The summed E-state index contributed by atoms with van der Waals surface area (Å²) in [5, 5.41) is 9.04. The predicted octanol–water partition coefficient (Wildman–Crippen LogP) is 2.57. The van der Waals surface area contributed by atoms with Crippen molar-refractivity contribution in [2.45, 2.75) is 29.4 Å². The molecular formula is C11H12O2S. The number of hydrogen-bond acceptors (Lipinski definition) is 2. The first-order chi connectivity index (χ1) is 6.75. The first kappa shape index (κ1) is 9.59. The molecule has 3 heteroatoms. The van der Waals surface area contributed by atoms with Gasteiger partial charge < -0.3 is 5.11 Å². The van der Waals surface area contributed by atoms with Gasteiger partial charge in [0.2, 0.25) is 0 Å². The lowest BCUT2D eigenvalue weighted by Gasteiger charge is -2.04. The highest BCUT2D eigenvalue weighted by molar-refractivity contribution is 8.00. The molecule has 2 nitrogen and oxygen atoms in total. The molecule has 74 valence electrons. The minimum atomic E-state index is -0.693. The molecule has 1 aliphatic heterocycles. The molecule has 2 rings (SSSR count). The van der Waals surface area contributed by atoms with Crippen molar-refractivity contribution in [1.82, 2.24) is 0 Å². The number of aliphatic carboxylic acids is 1. The van der Waals surface area contributed by atoms with Gasteiger partial charge in [0.25, 0.3) is 0 Å². The van der Waals surface area contributed by atoms with E-state index in [9.17, 15) is 4.79 Å². The van der Waals surface area contributed by atoms with Gasteiger partial charge in [0, 0.05) is 16.6 Å². The minimum absolute atomic E-state index is 0.283. The van der Waals surface area contributed by atoms with Crippen molar-refractivity contribution in [2.75, 3.05) is 0 Å². The van der Waals surface area contributed by atoms with E-state index in [-0.39, 0.29) is 6.42 Å². The van der Waals surface area contributed by atoms with Gasteiger partial charge in [-0.1, -0.05) is 18.2 Å². The summed E-state index contributed by atoms with van der Waals surface area (Å²) in [6, 6.07) is 8.31. The van der Waals surface area contributed by atoms with Crippen molar-refractivity contribution in [3.05, 3.63) is 29.8 Å². The molecule has 0 bridgehead atoms. The quantitative estimate of drug-likeness (QED) is 0.829. The zero-order valence-electron chi connectivity index (χ0n) is 7.77. The standard InChI is InChI=1S/C11H12O2S/c12-11(13)6-5-9-7-8-3-1-2-4-10(8)14-9/h1-4,9H,5-7H2,(H,12,13). The Kier molecular flexibility index (Phi) is 2.77. The number of thioether (sulfide) groups is 1. The summed E-state index contributed by atoms with van der Waals surface area (Å²) in [5.41, 5.74) is 1.37. The van der Waals surface area contributed by atoms with Gasteiger partial charge in [-0.2, -0.15) is 0 Å². The molecule has 0 radical (unpaired) electrons. The molecular weight excluding hydrogens is 196 g/mol. The van der Waals surface area contributed by atoms with Crippen LogP contribution >= 0.6 is 11.8 Å². The Morgan fingerprint density at radius 3 is 3.00 bits per heavy atom. The lowest BCUT2D eigenvalue weighted by atomic mass is 10.1. The second kappa shape index (κ2) is 4.05. The summed E-state index contributed by atoms with van der Waals surface area (Å²) in [6.45, 7) is 0. The van der Waals surface area contributed by atoms with Gasteiger partial charge >= 0.3 is 5.97 Å². The second-order valence-electron chi connectivity index (χ2n) is 3.48. The van der Waals surface area contributed by atoms with Crippen LogP contribution < -0.4 is 0 Å². The van der Waals surface area contributed by atoms with Crippen LogP contribution in [0.5, 0.6) is 0 Å². The maximum Gasteiger partial charge on any atom is 0.303 e. The topological polar surface area (TPSA) is 37.3 Å². The third kappa shape index (κ3) is 2.10. The van der Waals surface area contributed by atoms with Crippen LogP contribution in [0.2, 0.25) is 0 Å². The van der Waals surface area contributed by atoms with E-state index in [2.05, 4.69) is 12.1 Å². The summed E-state index contributed by atoms with van der Waals surface area (Å²) in [4.78, 5) is 11.7. The molecule has 0 spiro atoms. The van der Waals surface area contributed by atoms with Crippen LogP contribution in [0.15, 0.2) is 29.2 Å². The molecule has 1 aliphatic rings. The van der Waals surface area contributed by atoms with E-state index in [0.29, 0.717) is 5.25 Å². The Balaban J connectivity index is 1.95. The Labute approximate surface area is 87.3 Å². The molecule has 0 amide bonds. The minimum Gasteiger partial charge on any atom is -0.481 e. The van der Waals surface area contributed by atoms with Crippen molar-refractivity contribution in [2.24, 2.45) is 0 Å². The monoisotopic (exact) mass is 208 g/mol. The summed E-state index contributed by atoms with van der Waals surface area (Å²) in [7, 11) is 0. The number of rotatable bonds is 3. The van der Waals surface area contributed by atoms with E-state index >= 15 is 0 Å². The first-order valence-corrected chi connectivity index (χ1v) is 5.60. The molecule has 1 heterocycles. The molecule has 0 aromatic heterocycles. The van der Waals surface area contributed by atoms with Crippen LogP contribution in [0.4, 0.5) is 0 Å². The SMILES string of the molecule is O=C(O)CCC1Cc2ccccc2S1. The van der Waals surface area contributed by atoms with E-state index in [1.807, 2.05) is 23.9 Å². The fraction of sp³-hybridized carbons (Fsp3) is 0.364. The van der Waals surface area contributed by atoms with E-state index in [1.54, 1.807) is 0 Å². The first-order valence-electron chi connectivity index (χ1n) is 4.72. The van der Waals surface area contributed by atoms with Gasteiger partial charge in [0.05, 0.1) is 0 Å². The van der Waals surface area contributed by atoms with Gasteiger partial charge in [-0.3, -0.25) is 4.79 Å². The van der Waals surface area contributed by atoms with E-state index in [0.717, 1.165) is 12.8 Å². The molecule has 14 heavy (non-hydrogen) atoms. The summed E-state index contributed by atoms with van der Waals surface area (Å²) in [6.07, 6.45) is 2.08. The van der Waals surface area contributed by atoms with Crippen LogP contribution in [0.25, 0.3) is 0 Å². The summed E-state index contributed by atoms with van der Waals surface area (Å²) < 4.78 is 0. The van der Waals surface area contributed by atoms with E-state index in [4.69, 9.17) is 5.11 Å². The zero-order valence-corrected chi connectivity index (χ0v) is 8.59. The van der Waals surface area contributed by atoms with Crippen LogP contribution in [-0.4, -0.2) is 16.3 Å². The average molecular weight is 208 g/mol. The third-order valence-corrected chi connectivity index (χ3v) is 3.78. The number of benzene rings is 1. The van der Waals surface area contributed by atoms with Gasteiger partial charge in [-0.05, 0) is 24.5 Å². The Hall–Kier alpha value is -0.960. The molecule has 0 fully saturated rings. The van der Waals surface area contributed by atoms with Gasteiger partial charge in [0.1, 0.15) is 0 Å². The zero-order chi connectivity index (χ0) is 9.97. The third-order valence-electron chi connectivity index (χ3n) is 2.39. The fourth-order valence-electron chi connectivity index (χ4n) is 1.70. The van der Waals surface area contributed by atoms with Gasteiger partial charge in [-0.25, -0.2) is 0 Å². The molecule has 1 aromatic carbocycles. The van der Waals surface area contributed by atoms with Gasteiger partial charge in [-0.15, -0.1) is 11.8 Å². The Morgan fingerprint density at radius 2 is 2.29 bits per heavy atom. The molecule has 0 saturated carbocycles. The molecule has 1 unspecified atom stereocenters. The Bertz CT molecular complexity index is 324. The van der Waals surface area contributed by atoms with Crippen molar-refractivity contribution in [3.63, 3.8) is 0 Å².